The number of carbonyl (C=O) groups excluding carboxylic acids is 1. The van der Waals surface area contributed by atoms with Gasteiger partial charge in [0.05, 0.1) is 35.4 Å². The van der Waals surface area contributed by atoms with Gasteiger partial charge in [0.25, 0.3) is 5.69 Å². The van der Waals surface area contributed by atoms with Crippen LogP contribution in [-0.2, 0) is 11.2 Å². The van der Waals surface area contributed by atoms with E-state index in [-0.39, 0.29) is 24.1 Å². The van der Waals surface area contributed by atoms with Crippen LogP contribution in [-0.4, -0.2) is 39.5 Å². The first kappa shape index (κ1) is 27.8. The SMILES string of the molecule is CCc1ccccc1NC(=O)CCN1C(=S)N[C@H](c2ccccn2)[C@H]1c1ccc(-c2ccc([N+](=O)[O-])cc2OC)o1. The molecule has 2 aromatic heterocycles. The Morgan fingerprint density at radius 2 is 1.98 bits per heavy atom. The van der Waals surface area contributed by atoms with Crippen LogP contribution in [0.4, 0.5) is 11.4 Å². The summed E-state index contributed by atoms with van der Waals surface area (Å²) in [7, 11) is 1.45. The number of hydrogen-bond acceptors (Lipinski definition) is 7. The number of ether oxygens (including phenoxy) is 1. The summed E-state index contributed by atoms with van der Waals surface area (Å²) in [4.78, 5) is 30.2. The highest BCUT2D eigenvalue weighted by molar-refractivity contribution is 7.80. The van der Waals surface area contributed by atoms with E-state index in [0.717, 1.165) is 23.4 Å². The van der Waals surface area contributed by atoms with E-state index in [2.05, 4.69) is 15.6 Å². The molecule has 2 N–H and O–H groups in total. The Balaban J connectivity index is 1.43. The van der Waals surface area contributed by atoms with E-state index >= 15 is 0 Å². The van der Waals surface area contributed by atoms with Crippen molar-refractivity contribution in [2.45, 2.75) is 31.8 Å². The van der Waals surface area contributed by atoms with Gasteiger partial charge in [-0.3, -0.25) is 19.9 Å². The molecule has 210 valence electrons. The molecule has 41 heavy (non-hydrogen) atoms. The van der Waals surface area contributed by atoms with Gasteiger partial charge in [0, 0.05) is 30.9 Å². The van der Waals surface area contributed by atoms with Crippen LogP contribution in [0.25, 0.3) is 11.3 Å². The van der Waals surface area contributed by atoms with Gasteiger partial charge in [-0.2, -0.15) is 0 Å². The second-order valence-corrected chi connectivity index (χ2v) is 9.86. The Morgan fingerprint density at radius 3 is 2.71 bits per heavy atom. The van der Waals surface area contributed by atoms with Crippen molar-refractivity contribution in [2.75, 3.05) is 19.0 Å². The van der Waals surface area contributed by atoms with Crippen LogP contribution in [0.3, 0.4) is 0 Å². The average molecular weight is 572 g/mol. The number of nitro groups is 1. The molecular weight excluding hydrogens is 542 g/mol. The van der Waals surface area contributed by atoms with Crippen molar-refractivity contribution in [3.8, 4) is 17.1 Å². The van der Waals surface area contributed by atoms with E-state index < -0.39 is 11.0 Å². The summed E-state index contributed by atoms with van der Waals surface area (Å²) in [5.74, 6) is 1.28. The lowest BCUT2D eigenvalue weighted by molar-refractivity contribution is -0.384. The van der Waals surface area contributed by atoms with Gasteiger partial charge < -0.3 is 24.7 Å². The van der Waals surface area contributed by atoms with Gasteiger partial charge in [0.2, 0.25) is 5.91 Å². The molecule has 1 aliphatic heterocycles. The summed E-state index contributed by atoms with van der Waals surface area (Å²) < 4.78 is 11.8. The number of benzene rings is 2. The number of pyridine rings is 1. The Kier molecular flexibility index (Phi) is 8.25. The number of furan rings is 1. The summed E-state index contributed by atoms with van der Waals surface area (Å²) >= 11 is 5.72. The molecule has 0 saturated carbocycles. The molecule has 10 nitrogen and oxygen atoms in total. The van der Waals surface area contributed by atoms with Crippen molar-refractivity contribution >= 4 is 34.6 Å². The van der Waals surface area contributed by atoms with Gasteiger partial charge in [-0.15, -0.1) is 0 Å². The second-order valence-electron chi connectivity index (χ2n) is 9.47. The van der Waals surface area contributed by atoms with Crippen molar-refractivity contribution in [2.24, 2.45) is 0 Å². The fourth-order valence-corrected chi connectivity index (χ4v) is 5.33. The first-order chi connectivity index (χ1) is 19.9. The fourth-order valence-electron chi connectivity index (χ4n) is 4.99. The summed E-state index contributed by atoms with van der Waals surface area (Å²) in [5.41, 5.74) is 3.14. The Morgan fingerprint density at radius 1 is 1.17 bits per heavy atom. The largest absolute Gasteiger partial charge is 0.496 e. The van der Waals surface area contributed by atoms with Crippen molar-refractivity contribution in [1.82, 2.24) is 15.2 Å². The van der Waals surface area contributed by atoms with E-state index in [9.17, 15) is 14.9 Å². The number of para-hydroxylation sites is 1. The maximum Gasteiger partial charge on any atom is 0.273 e. The number of carbonyl (C=O) groups is 1. The number of nitrogens with one attached hydrogen (secondary N) is 2. The molecule has 0 bridgehead atoms. The molecule has 11 heteroatoms. The Bertz CT molecular complexity index is 1570. The van der Waals surface area contributed by atoms with Crippen LogP contribution in [0.2, 0.25) is 0 Å². The van der Waals surface area contributed by atoms with E-state index in [1.165, 1.54) is 19.2 Å². The standard InChI is InChI=1S/C30H29N5O5S/c1-3-19-8-4-5-9-22(19)32-27(36)15-17-34-29(28(33-30(34)41)23-10-6-7-16-31-23)25-14-13-24(40-25)21-12-11-20(35(37)38)18-26(21)39-2/h4-14,16,18,28-29H,3,15,17H2,1-2H3,(H,32,36)(H,33,41)/t28-,29-/m1/s1. The number of amides is 1. The van der Waals surface area contributed by atoms with E-state index in [1.54, 1.807) is 18.3 Å². The lowest BCUT2D eigenvalue weighted by Crippen LogP contribution is -2.32. The predicted molar refractivity (Wildman–Crippen MR) is 159 cm³/mol. The van der Waals surface area contributed by atoms with Crippen LogP contribution in [0.5, 0.6) is 5.75 Å². The molecule has 1 amide bonds. The number of anilines is 1. The number of aromatic nitrogens is 1. The van der Waals surface area contributed by atoms with E-state index in [4.69, 9.17) is 21.4 Å². The minimum absolute atomic E-state index is 0.0797. The quantitative estimate of drug-likeness (QED) is 0.138. The molecule has 1 saturated heterocycles. The minimum atomic E-state index is -0.475. The lowest BCUT2D eigenvalue weighted by atomic mass is 10.0. The number of methoxy groups -OCH3 is 1. The highest BCUT2D eigenvalue weighted by Crippen LogP contribution is 2.42. The molecule has 4 aromatic rings. The van der Waals surface area contributed by atoms with Gasteiger partial charge in [-0.1, -0.05) is 31.2 Å². The summed E-state index contributed by atoms with van der Waals surface area (Å²) in [5, 5.41) is 18.1. The van der Waals surface area contributed by atoms with E-state index in [0.29, 0.717) is 34.5 Å². The van der Waals surface area contributed by atoms with Crippen LogP contribution in [0.1, 0.15) is 42.4 Å². The summed E-state index contributed by atoms with van der Waals surface area (Å²) in [6, 6.07) is 20.7. The molecule has 1 fully saturated rings. The normalized spacial score (nSPS) is 16.3. The summed E-state index contributed by atoms with van der Waals surface area (Å²) in [6.07, 6.45) is 2.73. The summed E-state index contributed by atoms with van der Waals surface area (Å²) in [6.45, 7) is 2.39. The van der Waals surface area contributed by atoms with Crippen LogP contribution < -0.4 is 15.4 Å². The number of nitrogens with zero attached hydrogens (tertiary/aromatic N) is 3. The van der Waals surface area contributed by atoms with Crippen LogP contribution in [0.15, 0.2) is 83.4 Å². The zero-order valence-corrected chi connectivity index (χ0v) is 23.4. The third-order valence-corrected chi connectivity index (χ3v) is 7.38. The van der Waals surface area contributed by atoms with Gasteiger partial charge in [-0.05, 0) is 60.6 Å². The number of thiocarbonyl (C=S) groups is 1. The van der Waals surface area contributed by atoms with Crippen molar-refractivity contribution in [1.29, 1.82) is 0 Å². The number of hydrogen-bond donors (Lipinski definition) is 2. The maximum atomic E-state index is 13.0. The number of aryl methyl sites for hydroxylation is 1. The zero-order chi connectivity index (χ0) is 28.9. The number of nitro benzene ring substituents is 1. The van der Waals surface area contributed by atoms with Gasteiger partial charge in [0.1, 0.15) is 23.3 Å². The molecule has 0 unspecified atom stereocenters. The smallest absolute Gasteiger partial charge is 0.273 e. The second kappa shape index (κ2) is 12.2. The predicted octanol–water partition coefficient (Wildman–Crippen LogP) is 5.82. The van der Waals surface area contributed by atoms with Gasteiger partial charge >= 0.3 is 0 Å². The molecular formula is C30H29N5O5S. The number of rotatable bonds is 10. The molecule has 1 aliphatic rings. The fraction of sp³-hybridized carbons (Fsp3) is 0.233. The number of non-ortho nitro benzene ring substituents is 1. The van der Waals surface area contributed by atoms with Crippen molar-refractivity contribution in [3.63, 3.8) is 0 Å². The van der Waals surface area contributed by atoms with Crippen molar-refractivity contribution < 1.29 is 18.9 Å². The topological polar surface area (TPSA) is 123 Å². The minimum Gasteiger partial charge on any atom is -0.496 e. The molecule has 0 radical (unpaired) electrons. The van der Waals surface area contributed by atoms with E-state index in [1.807, 2.05) is 60.4 Å². The molecule has 5 rings (SSSR count). The Hall–Kier alpha value is -4.77. The lowest BCUT2D eigenvalue weighted by Gasteiger charge is -2.26. The maximum absolute atomic E-state index is 13.0. The van der Waals surface area contributed by atoms with Crippen LogP contribution >= 0.6 is 12.2 Å². The Labute approximate surface area is 242 Å². The molecule has 3 heterocycles. The first-order valence-corrected chi connectivity index (χ1v) is 13.6. The highest BCUT2D eigenvalue weighted by Gasteiger charge is 2.41. The monoisotopic (exact) mass is 571 g/mol. The molecule has 0 aliphatic carbocycles. The molecule has 0 spiro atoms. The van der Waals surface area contributed by atoms with Gasteiger partial charge in [-0.25, -0.2) is 0 Å². The average Bonchev–Trinajstić information content (AvgIpc) is 3.60. The first-order valence-electron chi connectivity index (χ1n) is 13.2. The van der Waals surface area contributed by atoms with Gasteiger partial charge in [0.15, 0.2) is 5.11 Å². The molecule has 2 aromatic carbocycles. The van der Waals surface area contributed by atoms with Crippen LogP contribution in [0, 0.1) is 10.1 Å². The van der Waals surface area contributed by atoms with Crippen molar-refractivity contribution in [3.05, 3.63) is 106 Å². The molecule has 2 atom stereocenters. The zero-order valence-electron chi connectivity index (χ0n) is 22.6. The highest BCUT2D eigenvalue weighted by atomic mass is 32.1. The third kappa shape index (κ3) is 5.90. The third-order valence-electron chi connectivity index (χ3n) is 7.03.